The fraction of sp³-hybridized carbons (Fsp3) is 0.304. The van der Waals surface area contributed by atoms with Gasteiger partial charge in [-0.05, 0) is 37.1 Å². The molecular weight excluding hydrogens is 384 g/mol. The third-order valence-electron chi connectivity index (χ3n) is 5.18. The number of para-hydroxylation sites is 1. The number of nitrogens with zero attached hydrogens (tertiary/aromatic N) is 2. The molecule has 3 aromatic rings. The van der Waals surface area contributed by atoms with E-state index in [1.54, 1.807) is 0 Å². The van der Waals surface area contributed by atoms with Crippen molar-refractivity contribution in [2.24, 2.45) is 5.41 Å². The first kappa shape index (κ1) is 21.5. The number of imidazole rings is 1. The summed E-state index contributed by atoms with van der Waals surface area (Å²) in [6, 6.07) is 17.7. The summed E-state index contributed by atoms with van der Waals surface area (Å²) >= 11 is 0. The molecule has 0 radical (unpaired) electrons. The third kappa shape index (κ3) is 5.46. The highest BCUT2D eigenvalue weighted by molar-refractivity contribution is 5.58. The van der Waals surface area contributed by atoms with E-state index in [0.717, 1.165) is 42.3 Å². The van der Waals surface area contributed by atoms with Crippen molar-refractivity contribution in [3.8, 4) is 22.9 Å². The number of benzene rings is 2. The number of ether oxygens (including phenoxy) is 2. The average Bonchev–Trinajstić information content (AvgIpc) is 3.24. The first-order valence-corrected chi connectivity index (χ1v) is 9.81. The normalized spacial score (nSPS) is 15.0. The summed E-state index contributed by atoms with van der Waals surface area (Å²) in [6.45, 7) is 2.03. The van der Waals surface area contributed by atoms with Crippen molar-refractivity contribution in [2.45, 2.75) is 19.4 Å². The van der Waals surface area contributed by atoms with Crippen molar-refractivity contribution < 1.29 is 24.5 Å². The molecule has 0 amide bonds. The smallest absolute Gasteiger partial charge is 0.290 e. The molecule has 2 aromatic carbocycles. The van der Waals surface area contributed by atoms with Gasteiger partial charge in [-0.3, -0.25) is 4.79 Å². The van der Waals surface area contributed by atoms with E-state index in [2.05, 4.69) is 9.55 Å². The average molecular weight is 410 g/mol. The molecule has 158 valence electrons. The van der Waals surface area contributed by atoms with E-state index in [-0.39, 0.29) is 18.5 Å². The highest BCUT2D eigenvalue weighted by Crippen LogP contribution is 2.34. The highest BCUT2D eigenvalue weighted by Gasteiger charge is 2.33. The van der Waals surface area contributed by atoms with Gasteiger partial charge in [0.15, 0.2) is 0 Å². The monoisotopic (exact) mass is 410 g/mol. The molecule has 1 fully saturated rings. The van der Waals surface area contributed by atoms with Crippen LogP contribution < -0.4 is 4.74 Å². The van der Waals surface area contributed by atoms with Gasteiger partial charge in [-0.1, -0.05) is 30.3 Å². The molecule has 7 nitrogen and oxygen atoms in total. The topological polar surface area (TPSA) is 93.8 Å². The minimum Gasteiger partial charge on any atom is -0.483 e. The zero-order valence-electron chi connectivity index (χ0n) is 16.7. The summed E-state index contributed by atoms with van der Waals surface area (Å²) in [5.41, 5.74) is 0.847. The van der Waals surface area contributed by atoms with E-state index >= 15 is 0 Å². The van der Waals surface area contributed by atoms with Gasteiger partial charge >= 0.3 is 0 Å². The maximum Gasteiger partial charge on any atom is 0.290 e. The number of aliphatic hydroxyl groups is 1. The van der Waals surface area contributed by atoms with Gasteiger partial charge in [0.25, 0.3) is 6.47 Å². The van der Waals surface area contributed by atoms with Crippen LogP contribution in [-0.2, 0) is 16.1 Å². The lowest BCUT2D eigenvalue weighted by Crippen LogP contribution is -2.37. The number of carboxylic acid groups (broad SMARTS) is 1. The Labute approximate surface area is 175 Å². The predicted octanol–water partition coefficient (Wildman–Crippen LogP) is 3.83. The van der Waals surface area contributed by atoms with Crippen molar-refractivity contribution in [3.05, 3.63) is 67.0 Å². The molecule has 1 aliphatic heterocycles. The Hall–Kier alpha value is -3.16. The third-order valence-corrected chi connectivity index (χ3v) is 5.18. The van der Waals surface area contributed by atoms with E-state index in [1.807, 2.05) is 67.0 Å². The van der Waals surface area contributed by atoms with Crippen LogP contribution in [0.3, 0.4) is 0 Å². The Bertz CT molecular complexity index is 920. The Morgan fingerprint density at radius 3 is 2.50 bits per heavy atom. The van der Waals surface area contributed by atoms with Crippen molar-refractivity contribution in [2.75, 3.05) is 19.8 Å². The lowest BCUT2D eigenvalue weighted by molar-refractivity contribution is -0.122. The Morgan fingerprint density at radius 2 is 1.80 bits per heavy atom. The summed E-state index contributed by atoms with van der Waals surface area (Å²) < 4.78 is 13.6. The van der Waals surface area contributed by atoms with Crippen LogP contribution in [0.5, 0.6) is 11.5 Å². The number of aliphatic hydroxyl groups excluding tert-OH is 1. The maximum absolute atomic E-state index is 10.0. The van der Waals surface area contributed by atoms with Gasteiger partial charge in [-0.15, -0.1) is 0 Å². The van der Waals surface area contributed by atoms with Gasteiger partial charge in [0.1, 0.15) is 17.3 Å². The van der Waals surface area contributed by atoms with E-state index in [9.17, 15) is 5.11 Å². The molecule has 0 spiro atoms. The van der Waals surface area contributed by atoms with Crippen LogP contribution in [-0.4, -0.2) is 46.1 Å². The quantitative estimate of drug-likeness (QED) is 0.600. The lowest BCUT2D eigenvalue weighted by atomic mass is 9.81. The van der Waals surface area contributed by atoms with Crippen LogP contribution in [0.15, 0.2) is 67.0 Å². The van der Waals surface area contributed by atoms with Crippen molar-refractivity contribution >= 4 is 6.47 Å². The lowest BCUT2D eigenvalue weighted by Gasteiger charge is -2.36. The fourth-order valence-corrected chi connectivity index (χ4v) is 3.55. The standard InChI is InChI=1S/C22H24N2O3.CH2O2/c25-17-22(9-13-26-14-10-22)16-24-12-11-23-21(24)18-5-4-8-20(15-18)27-19-6-2-1-3-7-19;2-1-3/h1-8,11-12,15,25H,9-10,13-14,16-17H2;1H,(H,2,3). The van der Waals surface area contributed by atoms with Crippen LogP contribution in [0.2, 0.25) is 0 Å². The minimum atomic E-state index is -0.250. The molecule has 0 saturated carbocycles. The first-order valence-electron chi connectivity index (χ1n) is 9.81. The molecule has 4 rings (SSSR count). The first-order chi connectivity index (χ1) is 14.7. The van der Waals surface area contributed by atoms with Crippen LogP contribution in [0.25, 0.3) is 11.4 Å². The van der Waals surface area contributed by atoms with E-state index < -0.39 is 0 Å². The second-order valence-electron chi connectivity index (χ2n) is 7.20. The molecular formula is C23H26N2O5. The summed E-state index contributed by atoms with van der Waals surface area (Å²) in [5.74, 6) is 2.46. The second-order valence-corrected chi connectivity index (χ2v) is 7.20. The maximum atomic E-state index is 10.0. The molecule has 1 aliphatic rings. The molecule has 0 bridgehead atoms. The second kappa shape index (κ2) is 10.6. The Kier molecular flexibility index (Phi) is 7.59. The number of hydrogen-bond donors (Lipinski definition) is 2. The molecule has 1 aromatic heterocycles. The molecule has 1 saturated heterocycles. The SMILES string of the molecule is O=CO.OCC1(Cn2ccnc2-c2cccc(Oc3ccccc3)c2)CCOCC1. The van der Waals surface area contributed by atoms with Crippen LogP contribution >= 0.6 is 0 Å². The van der Waals surface area contributed by atoms with Gasteiger partial charge in [-0.2, -0.15) is 0 Å². The van der Waals surface area contributed by atoms with Crippen LogP contribution in [0.1, 0.15) is 12.8 Å². The number of hydrogen-bond acceptors (Lipinski definition) is 5. The van der Waals surface area contributed by atoms with Crippen molar-refractivity contribution in [3.63, 3.8) is 0 Å². The van der Waals surface area contributed by atoms with E-state index in [0.29, 0.717) is 13.2 Å². The Morgan fingerprint density at radius 1 is 1.10 bits per heavy atom. The summed E-state index contributed by atoms with van der Waals surface area (Å²) in [7, 11) is 0. The molecule has 30 heavy (non-hydrogen) atoms. The number of aromatic nitrogens is 2. The predicted molar refractivity (Wildman–Crippen MR) is 112 cm³/mol. The summed E-state index contributed by atoms with van der Waals surface area (Å²) in [5, 5.41) is 16.9. The molecule has 0 atom stereocenters. The summed E-state index contributed by atoms with van der Waals surface area (Å²) in [4.78, 5) is 12.9. The highest BCUT2D eigenvalue weighted by atomic mass is 16.5. The van der Waals surface area contributed by atoms with Gasteiger partial charge in [0.05, 0.1) is 6.61 Å². The van der Waals surface area contributed by atoms with E-state index in [4.69, 9.17) is 19.4 Å². The molecule has 0 unspecified atom stereocenters. The number of rotatable bonds is 6. The minimum absolute atomic E-state index is 0.147. The Balaban J connectivity index is 0.000000806. The molecule has 2 heterocycles. The van der Waals surface area contributed by atoms with E-state index in [1.165, 1.54) is 0 Å². The van der Waals surface area contributed by atoms with Crippen LogP contribution in [0, 0.1) is 5.41 Å². The zero-order chi connectivity index (χ0) is 21.2. The van der Waals surface area contributed by atoms with Gasteiger partial charge in [0, 0.05) is 43.1 Å². The van der Waals surface area contributed by atoms with Gasteiger partial charge in [0.2, 0.25) is 0 Å². The van der Waals surface area contributed by atoms with Crippen LogP contribution in [0.4, 0.5) is 0 Å². The summed E-state index contributed by atoms with van der Waals surface area (Å²) in [6.07, 6.45) is 5.51. The van der Waals surface area contributed by atoms with Crippen molar-refractivity contribution in [1.82, 2.24) is 9.55 Å². The molecule has 7 heteroatoms. The number of carbonyl (C=O) groups is 1. The zero-order valence-corrected chi connectivity index (χ0v) is 16.7. The molecule has 0 aliphatic carbocycles. The van der Waals surface area contributed by atoms with Gasteiger partial charge in [-0.25, -0.2) is 4.98 Å². The van der Waals surface area contributed by atoms with Gasteiger partial charge < -0.3 is 24.3 Å². The largest absolute Gasteiger partial charge is 0.483 e. The molecule has 2 N–H and O–H groups in total. The van der Waals surface area contributed by atoms with Crippen molar-refractivity contribution in [1.29, 1.82) is 0 Å². The fourth-order valence-electron chi connectivity index (χ4n) is 3.55.